The van der Waals surface area contributed by atoms with Gasteiger partial charge in [0.1, 0.15) is 5.82 Å². The van der Waals surface area contributed by atoms with Gasteiger partial charge in [0.2, 0.25) is 0 Å². The van der Waals surface area contributed by atoms with Crippen LogP contribution < -0.4 is 5.32 Å². The standard InChI is InChI=1S/C16H15ClFNO/c17-10-16(8-3-9-16)19-15(20)13-6-7-14(18)12-5-2-1-4-11(12)13/h1-2,4-7H,3,8-10H2,(H,19,20). The van der Waals surface area contributed by atoms with Gasteiger partial charge in [-0.05, 0) is 36.8 Å². The minimum Gasteiger partial charge on any atom is -0.345 e. The average Bonchev–Trinajstić information content (AvgIpc) is 2.43. The molecule has 0 spiro atoms. The predicted molar refractivity (Wildman–Crippen MR) is 78.7 cm³/mol. The Labute approximate surface area is 121 Å². The van der Waals surface area contributed by atoms with Gasteiger partial charge in [0.05, 0.1) is 5.54 Å². The van der Waals surface area contributed by atoms with E-state index in [0.717, 1.165) is 19.3 Å². The second kappa shape index (κ2) is 5.06. The lowest BCUT2D eigenvalue weighted by molar-refractivity contribution is 0.0855. The van der Waals surface area contributed by atoms with E-state index in [2.05, 4.69) is 5.32 Å². The van der Waals surface area contributed by atoms with E-state index in [4.69, 9.17) is 11.6 Å². The van der Waals surface area contributed by atoms with E-state index in [1.165, 1.54) is 12.1 Å². The van der Waals surface area contributed by atoms with E-state index < -0.39 is 0 Å². The van der Waals surface area contributed by atoms with Crippen LogP contribution in [0.5, 0.6) is 0 Å². The summed E-state index contributed by atoms with van der Waals surface area (Å²) in [4.78, 5) is 12.4. The highest BCUT2D eigenvalue weighted by molar-refractivity contribution is 6.19. The third kappa shape index (κ3) is 2.16. The molecule has 2 aromatic carbocycles. The number of benzene rings is 2. The number of alkyl halides is 1. The van der Waals surface area contributed by atoms with E-state index in [-0.39, 0.29) is 17.3 Å². The van der Waals surface area contributed by atoms with Gasteiger partial charge in [-0.25, -0.2) is 4.39 Å². The summed E-state index contributed by atoms with van der Waals surface area (Å²) in [5.74, 6) is -0.0767. The molecule has 0 saturated heterocycles. The molecule has 0 bridgehead atoms. The highest BCUT2D eigenvalue weighted by Gasteiger charge is 2.37. The Morgan fingerprint density at radius 2 is 1.90 bits per heavy atom. The highest BCUT2D eigenvalue weighted by atomic mass is 35.5. The summed E-state index contributed by atoms with van der Waals surface area (Å²) in [6, 6.07) is 9.89. The van der Waals surface area contributed by atoms with Gasteiger partial charge >= 0.3 is 0 Å². The molecule has 3 rings (SSSR count). The number of nitrogens with one attached hydrogen (secondary N) is 1. The van der Waals surface area contributed by atoms with Gasteiger partial charge in [0.15, 0.2) is 0 Å². The zero-order valence-corrected chi connectivity index (χ0v) is 11.7. The zero-order valence-electron chi connectivity index (χ0n) is 11.0. The molecule has 0 atom stereocenters. The minimum absolute atomic E-state index is 0.179. The zero-order chi connectivity index (χ0) is 14.2. The molecule has 1 amide bonds. The van der Waals surface area contributed by atoms with Crippen molar-refractivity contribution in [3.05, 3.63) is 47.8 Å². The SMILES string of the molecule is O=C(NC1(CCl)CCC1)c1ccc(F)c2ccccc12. The number of hydrogen-bond acceptors (Lipinski definition) is 1. The number of carbonyl (C=O) groups is 1. The van der Waals surface area contributed by atoms with Crippen LogP contribution in [-0.2, 0) is 0 Å². The predicted octanol–water partition coefficient (Wildman–Crippen LogP) is 3.87. The monoisotopic (exact) mass is 291 g/mol. The van der Waals surface area contributed by atoms with Gasteiger partial charge in [0.25, 0.3) is 5.91 Å². The number of hydrogen-bond donors (Lipinski definition) is 1. The van der Waals surface area contributed by atoms with Crippen LogP contribution >= 0.6 is 11.6 Å². The van der Waals surface area contributed by atoms with Crippen molar-refractivity contribution in [2.45, 2.75) is 24.8 Å². The van der Waals surface area contributed by atoms with E-state index in [1.54, 1.807) is 24.3 Å². The second-order valence-corrected chi connectivity index (χ2v) is 5.63. The van der Waals surface area contributed by atoms with Crippen molar-refractivity contribution in [1.29, 1.82) is 0 Å². The largest absolute Gasteiger partial charge is 0.345 e. The number of fused-ring (bicyclic) bond motifs is 1. The molecule has 1 aliphatic rings. The summed E-state index contributed by atoms with van der Waals surface area (Å²) < 4.78 is 13.8. The van der Waals surface area contributed by atoms with Crippen molar-refractivity contribution in [1.82, 2.24) is 5.32 Å². The molecular formula is C16H15ClFNO. The van der Waals surface area contributed by atoms with Crippen LogP contribution in [0, 0.1) is 5.82 Å². The molecule has 1 N–H and O–H groups in total. The van der Waals surface area contributed by atoms with Crippen molar-refractivity contribution in [3.63, 3.8) is 0 Å². The number of amides is 1. The Morgan fingerprint density at radius 3 is 2.50 bits per heavy atom. The van der Waals surface area contributed by atoms with Gasteiger partial charge in [0, 0.05) is 16.8 Å². The lowest BCUT2D eigenvalue weighted by atomic mass is 9.78. The van der Waals surface area contributed by atoms with Crippen LogP contribution in [0.4, 0.5) is 4.39 Å². The quantitative estimate of drug-likeness (QED) is 0.855. The van der Waals surface area contributed by atoms with Gasteiger partial charge in [-0.1, -0.05) is 24.3 Å². The lowest BCUT2D eigenvalue weighted by Gasteiger charge is -2.41. The third-order valence-corrected chi connectivity index (χ3v) is 4.57. The Kier molecular flexibility index (Phi) is 3.38. The maximum absolute atomic E-state index is 13.8. The number of halogens is 2. The maximum atomic E-state index is 13.8. The van der Waals surface area contributed by atoms with Gasteiger partial charge in [-0.2, -0.15) is 0 Å². The summed E-state index contributed by atoms with van der Waals surface area (Å²) >= 11 is 5.96. The second-order valence-electron chi connectivity index (χ2n) is 5.36. The molecule has 0 aromatic heterocycles. The van der Waals surface area contributed by atoms with Crippen molar-refractivity contribution in [2.24, 2.45) is 0 Å². The van der Waals surface area contributed by atoms with Crippen LogP contribution in [0.3, 0.4) is 0 Å². The first-order valence-corrected chi connectivity index (χ1v) is 7.24. The Morgan fingerprint density at radius 1 is 1.20 bits per heavy atom. The fourth-order valence-electron chi connectivity index (χ4n) is 2.66. The molecule has 0 unspecified atom stereocenters. The lowest BCUT2D eigenvalue weighted by Crippen LogP contribution is -2.55. The fraction of sp³-hybridized carbons (Fsp3) is 0.312. The highest BCUT2D eigenvalue weighted by Crippen LogP contribution is 2.33. The molecule has 2 nitrogen and oxygen atoms in total. The van der Waals surface area contributed by atoms with Gasteiger partial charge < -0.3 is 5.32 Å². The molecule has 1 saturated carbocycles. The molecular weight excluding hydrogens is 277 g/mol. The van der Waals surface area contributed by atoms with E-state index in [0.29, 0.717) is 22.2 Å². The fourth-order valence-corrected chi connectivity index (χ4v) is 3.00. The van der Waals surface area contributed by atoms with E-state index >= 15 is 0 Å². The number of rotatable bonds is 3. The van der Waals surface area contributed by atoms with E-state index in [9.17, 15) is 9.18 Å². The molecule has 1 fully saturated rings. The van der Waals surface area contributed by atoms with Crippen molar-refractivity contribution < 1.29 is 9.18 Å². The van der Waals surface area contributed by atoms with Crippen LogP contribution in [0.2, 0.25) is 0 Å². The molecule has 4 heteroatoms. The molecule has 0 aliphatic heterocycles. The summed E-state index contributed by atoms with van der Waals surface area (Å²) in [5.41, 5.74) is 0.215. The summed E-state index contributed by atoms with van der Waals surface area (Å²) in [7, 11) is 0. The topological polar surface area (TPSA) is 29.1 Å². The van der Waals surface area contributed by atoms with Crippen LogP contribution in [0.15, 0.2) is 36.4 Å². The first kappa shape index (κ1) is 13.4. The summed E-state index contributed by atoms with van der Waals surface area (Å²) in [6.07, 6.45) is 2.89. The van der Waals surface area contributed by atoms with E-state index in [1.807, 2.05) is 0 Å². The average molecular weight is 292 g/mol. The van der Waals surface area contributed by atoms with Crippen LogP contribution in [0.25, 0.3) is 10.8 Å². The molecule has 0 heterocycles. The Bertz CT molecular complexity index is 661. The minimum atomic E-state index is -0.312. The molecule has 20 heavy (non-hydrogen) atoms. The Balaban J connectivity index is 1.98. The van der Waals surface area contributed by atoms with Gasteiger partial charge in [-0.15, -0.1) is 11.6 Å². The molecule has 104 valence electrons. The maximum Gasteiger partial charge on any atom is 0.252 e. The summed E-state index contributed by atoms with van der Waals surface area (Å²) in [6.45, 7) is 0. The molecule has 0 radical (unpaired) electrons. The van der Waals surface area contributed by atoms with Crippen LogP contribution in [0.1, 0.15) is 29.6 Å². The van der Waals surface area contributed by atoms with Crippen molar-refractivity contribution >= 4 is 28.3 Å². The molecule has 1 aliphatic carbocycles. The number of carbonyl (C=O) groups excluding carboxylic acids is 1. The Hall–Kier alpha value is -1.61. The van der Waals surface area contributed by atoms with Crippen molar-refractivity contribution in [3.8, 4) is 0 Å². The normalized spacial score (nSPS) is 16.7. The first-order chi connectivity index (χ1) is 9.65. The molecule has 2 aromatic rings. The van der Waals surface area contributed by atoms with Crippen molar-refractivity contribution in [2.75, 3.05) is 5.88 Å². The smallest absolute Gasteiger partial charge is 0.252 e. The van der Waals surface area contributed by atoms with Crippen LogP contribution in [-0.4, -0.2) is 17.3 Å². The summed E-state index contributed by atoms with van der Waals surface area (Å²) in [5, 5.41) is 4.11. The third-order valence-electron chi connectivity index (χ3n) is 4.06. The first-order valence-electron chi connectivity index (χ1n) is 6.71. The van der Waals surface area contributed by atoms with Gasteiger partial charge in [-0.3, -0.25) is 4.79 Å².